The molecule has 0 bridgehead atoms. The van der Waals surface area contributed by atoms with Crippen LogP contribution in [0.1, 0.15) is 16.7 Å². The lowest BCUT2D eigenvalue weighted by molar-refractivity contribution is 0.276. The smallest absolute Gasteiger partial charge is 0.244 e. The molecule has 0 unspecified atom stereocenters. The van der Waals surface area contributed by atoms with E-state index in [1.54, 1.807) is 0 Å². The summed E-state index contributed by atoms with van der Waals surface area (Å²) < 4.78 is -0.815. The molecule has 0 saturated heterocycles. The Morgan fingerprint density at radius 3 is 1.22 bits per heavy atom. The Kier molecular flexibility index (Phi) is 4.89. The second-order valence-corrected chi connectivity index (χ2v) is 7.04. The van der Waals surface area contributed by atoms with Crippen molar-refractivity contribution in [3.05, 3.63) is 108 Å². The van der Waals surface area contributed by atoms with Gasteiger partial charge in [0, 0.05) is 0 Å². The highest BCUT2D eigenvalue weighted by Gasteiger charge is 2.38. The molecular formula is C20H16OS2. The molecule has 0 saturated carbocycles. The average molecular weight is 336 g/mol. The van der Waals surface area contributed by atoms with Crippen LogP contribution < -0.4 is 0 Å². The van der Waals surface area contributed by atoms with E-state index in [1.807, 2.05) is 54.6 Å². The van der Waals surface area contributed by atoms with Crippen molar-refractivity contribution in [2.45, 2.75) is 4.75 Å². The van der Waals surface area contributed by atoms with E-state index in [9.17, 15) is 4.79 Å². The van der Waals surface area contributed by atoms with Crippen LogP contribution in [-0.2, 0) is 4.75 Å². The molecule has 3 rings (SSSR count). The quantitative estimate of drug-likeness (QED) is 0.482. The second-order valence-electron chi connectivity index (χ2n) is 5.15. The van der Waals surface area contributed by atoms with Gasteiger partial charge in [-0.25, -0.2) is 0 Å². The maximum atomic E-state index is 12.0. The van der Waals surface area contributed by atoms with E-state index in [0.717, 1.165) is 16.7 Å². The van der Waals surface area contributed by atoms with E-state index in [1.165, 1.54) is 11.8 Å². The number of rotatable bonds is 4. The van der Waals surface area contributed by atoms with E-state index in [0.29, 0.717) is 0 Å². The molecule has 0 amide bonds. The third-order valence-corrected chi connectivity index (χ3v) is 5.24. The van der Waals surface area contributed by atoms with Gasteiger partial charge in [0.15, 0.2) is 0 Å². The molecule has 3 aromatic carbocycles. The van der Waals surface area contributed by atoms with Crippen molar-refractivity contribution in [2.24, 2.45) is 0 Å². The van der Waals surface area contributed by atoms with E-state index in [-0.39, 0.29) is 4.45 Å². The van der Waals surface area contributed by atoms with E-state index in [4.69, 9.17) is 0 Å². The topological polar surface area (TPSA) is 17.1 Å². The van der Waals surface area contributed by atoms with Crippen molar-refractivity contribution in [3.8, 4) is 0 Å². The van der Waals surface area contributed by atoms with Gasteiger partial charge in [0.25, 0.3) is 0 Å². The van der Waals surface area contributed by atoms with Crippen LogP contribution in [0.15, 0.2) is 91.0 Å². The zero-order valence-electron chi connectivity index (χ0n) is 12.4. The molecule has 0 aliphatic rings. The van der Waals surface area contributed by atoms with Gasteiger partial charge in [0.1, 0.15) is 0 Å². The van der Waals surface area contributed by atoms with Gasteiger partial charge in [0.05, 0.1) is 4.75 Å². The summed E-state index contributed by atoms with van der Waals surface area (Å²) in [6, 6.07) is 30.3. The van der Waals surface area contributed by atoms with Gasteiger partial charge < -0.3 is 0 Å². The van der Waals surface area contributed by atoms with Crippen molar-refractivity contribution in [3.63, 3.8) is 0 Å². The normalized spacial score (nSPS) is 11.2. The van der Waals surface area contributed by atoms with Gasteiger partial charge in [-0.15, -0.1) is 0 Å². The van der Waals surface area contributed by atoms with E-state index >= 15 is 0 Å². The zero-order valence-corrected chi connectivity index (χ0v) is 14.1. The molecule has 0 aliphatic carbocycles. The molecule has 3 heteroatoms. The Balaban J connectivity index is 2.32. The maximum Gasteiger partial charge on any atom is 0.244 e. The third-order valence-electron chi connectivity index (χ3n) is 3.78. The molecule has 0 N–H and O–H groups in total. The highest BCUT2D eigenvalue weighted by Crippen LogP contribution is 2.49. The minimum absolute atomic E-state index is 0.207. The Hall–Kier alpha value is -1.97. The first kappa shape index (κ1) is 15.9. The summed E-state index contributed by atoms with van der Waals surface area (Å²) in [5, 5.41) is 0. The van der Waals surface area contributed by atoms with Crippen molar-refractivity contribution in [1.82, 2.24) is 0 Å². The lowest BCUT2D eigenvalue weighted by atomic mass is 9.84. The summed E-state index contributed by atoms with van der Waals surface area (Å²) >= 11 is 5.30. The van der Waals surface area contributed by atoms with Crippen LogP contribution in [0.5, 0.6) is 0 Å². The average Bonchev–Trinajstić information content (AvgIpc) is 2.62. The number of benzene rings is 3. The molecule has 0 aromatic heterocycles. The lowest BCUT2D eigenvalue weighted by Gasteiger charge is -2.34. The second kappa shape index (κ2) is 7.07. The van der Waals surface area contributed by atoms with Gasteiger partial charge in [-0.3, -0.25) is 4.79 Å². The molecule has 0 spiro atoms. The number of hydrogen-bond acceptors (Lipinski definition) is 2. The Labute approximate surface area is 146 Å². The largest absolute Gasteiger partial charge is 0.275 e. The standard InChI is InChI=1S/C20H16OS2/c21-19(22)23-20(16-10-4-1-5-11-16,17-12-6-2-7-13-17)18-14-8-3-9-15-18/h1-15H,(H,21,22). The molecule has 114 valence electrons. The highest BCUT2D eigenvalue weighted by atomic mass is 32.2. The SMILES string of the molecule is O=C(S)SC(c1ccccc1)(c1ccccc1)c1ccccc1. The molecule has 0 radical (unpaired) electrons. The highest BCUT2D eigenvalue weighted by molar-refractivity contribution is 8.32. The fraction of sp³-hybridized carbons (Fsp3) is 0.0500. The minimum Gasteiger partial charge on any atom is -0.275 e. The summed E-state index contributed by atoms with van der Waals surface area (Å²) in [5.74, 6) is 0. The van der Waals surface area contributed by atoms with Gasteiger partial charge in [-0.2, -0.15) is 0 Å². The molecule has 1 nitrogen and oxygen atoms in total. The lowest BCUT2D eigenvalue weighted by Crippen LogP contribution is -2.26. The van der Waals surface area contributed by atoms with Crippen LogP contribution in [0.25, 0.3) is 0 Å². The number of hydrogen-bond donors (Lipinski definition) is 1. The molecule has 0 aliphatic heterocycles. The van der Waals surface area contributed by atoms with Crippen LogP contribution in [0, 0.1) is 0 Å². The third kappa shape index (κ3) is 3.21. The number of carbonyl (C=O) groups excluding carboxylic acids is 1. The van der Waals surface area contributed by atoms with Crippen molar-refractivity contribution in [2.75, 3.05) is 0 Å². The van der Waals surface area contributed by atoms with E-state index < -0.39 is 4.75 Å². The molecule has 23 heavy (non-hydrogen) atoms. The Morgan fingerprint density at radius 2 is 0.957 bits per heavy atom. The van der Waals surface area contributed by atoms with Crippen LogP contribution in [0.2, 0.25) is 0 Å². The van der Waals surface area contributed by atoms with Gasteiger partial charge in [0.2, 0.25) is 4.45 Å². The Bertz CT molecular complexity index is 674. The first-order chi connectivity index (χ1) is 11.2. The predicted molar refractivity (Wildman–Crippen MR) is 101 cm³/mol. The molecule has 0 atom stereocenters. The maximum absolute atomic E-state index is 12.0. The number of thioether (sulfide) groups is 1. The molecular weight excluding hydrogens is 320 g/mol. The molecule has 0 fully saturated rings. The summed E-state index contributed by atoms with van der Waals surface area (Å²) in [5.41, 5.74) is 3.18. The minimum atomic E-state index is -0.609. The summed E-state index contributed by atoms with van der Waals surface area (Å²) in [6.07, 6.45) is 0. The molecule has 3 aromatic rings. The number of carbonyl (C=O) groups is 1. The van der Waals surface area contributed by atoms with Gasteiger partial charge >= 0.3 is 0 Å². The monoisotopic (exact) mass is 336 g/mol. The van der Waals surface area contributed by atoms with Crippen LogP contribution in [0.3, 0.4) is 0 Å². The first-order valence-corrected chi connectivity index (χ1v) is 8.58. The summed E-state index contributed by atoms with van der Waals surface area (Å²) in [4.78, 5) is 12.0. The predicted octanol–water partition coefficient (Wildman–Crippen LogP) is 5.76. The fourth-order valence-electron chi connectivity index (χ4n) is 2.83. The fourth-order valence-corrected chi connectivity index (χ4v) is 4.26. The summed E-state index contributed by atoms with van der Waals surface area (Å²) in [6.45, 7) is 0. The summed E-state index contributed by atoms with van der Waals surface area (Å²) in [7, 11) is 0. The van der Waals surface area contributed by atoms with Crippen molar-refractivity contribution < 1.29 is 4.79 Å². The number of thiol groups is 1. The first-order valence-electron chi connectivity index (χ1n) is 7.32. The van der Waals surface area contributed by atoms with Crippen LogP contribution in [0.4, 0.5) is 4.79 Å². The van der Waals surface area contributed by atoms with Crippen molar-refractivity contribution >= 4 is 28.8 Å². The Morgan fingerprint density at radius 1 is 0.652 bits per heavy atom. The zero-order chi connectivity index (χ0) is 16.1. The van der Waals surface area contributed by atoms with Gasteiger partial charge in [-0.05, 0) is 16.7 Å². The van der Waals surface area contributed by atoms with Crippen LogP contribution >= 0.6 is 24.4 Å². The van der Waals surface area contributed by atoms with Crippen LogP contribution in [-0.4, -0.2) is 4.45 Å². The van der Waals surface area contributed by atoms with Gasteiger partial charge in [-0.1, -0.05) is 115 Å². The van der Waals surface area contributed by atoms with Crippen molar-refractivity contribution in [1.29, 1.82) is 0 Å². The van der Waals surface area contributed by atoms with E-state index in [2.05, 4.69) is 49.0 Å². The molecule has 0 heterocycles.